The second-order valence-electron chi connectivity index (χ2n) is 5.48. The molecule has 1 aliphatic rings. The number of ether oxygens (including phenoxy) is 1. The van der Waals surface area contributed by atoms with Gasteiger partial charge in [0.05, 0.1) is 7.11 Å². The van der Waals surface area contributed by atoms with E-state index in [1.807, 2.05) is 6.07 Å². The van der Waals surface area contributed by atoms with E-state index < -0.39 is 0 Å². The van der Waals surface area contributed by atoms with E-state index in [0.29, 0.717) is 11.7 Å². The lowest BCUT2D eigenvalue weighted by atomic mass is 9.90. The maximum Gasteiger partial charge on any atom is 0.165 e. The first-order chi connectivity index (χ1) is 9.69. The fourth-order valence-electron chi connectivity index (χ4n) is 3.02. The maximum absolute atomic E-state index is 14.0. The third-order valence-electron chi connectivity index (χ3n) is 4.25. The van der Waals surface area contributed by atoms with E-state index in [9.17, 15) is 4.39 Å². The molecule has 4 heteroatoms. The van der Waals surface area contributed by atoms with Crippen LogP contribution in [0.1, 0.15) is 31.9 Å². The van der Waals surface area contributed by atoms with E-state index in [1.165, 1.54) is 6.07 Å². The molecule has 1 N–H and O–H groups in total. The molecule has 1 fully saturated rings. The van der Waals surface area contributed by atoms with Crippen LogP contribution in [0.25, 0.3) is 0 Å². The van der Waals surface area contributed by atoms with Crippen LogP contribution in [0.15, 0.2) is 18.2 Å². The zero-order valence-electron chi connectivity index (χ0n) is 12.7. The van der Waals surface area contributed by atoms with Crippen molar-refractivity contribution < 1.29 is 9.13 Å². The number of hydrogen-bond acceptors (Lipinski definition) is 3. The Morgan fingerprint density at radius 1 is 1.35 bits per heavy atom. The van der Waals surface area contributed by atoms with E-state index >= 15 is 0 Å². The van der Waals surface area contributed by atoms with Gasteiger partial charge >= 0.3 is 0 Å². The summed E-state index contributed by atoms with van der Waals surface area (Å²) >= 11 is 0. The van der Waals surface area contributed by atoms with Crippen molar-refractivity contribution in [2.24, 2.45) is 5.92 Å². The average Bonchev–Trinajstić information content (AvgIpc) is 2.48. The Balaban J connectivity index is 2.37. The lowest BCUT2D eigenvalue weighted by Crippen LogP contribution is -2.46. The summed E-state index contributed by atoms with van der Waals surface area (Å²) in [4.78, 5) is 2.45. The van der Waals surface area contributed by atoms with Gasteiger partial charge in [-0.15, -0.1) is 0 Å². The number of halogens is 1. The first-order valence-corrected chi connectivity index (χ1v) is 7.46. The van der Waals surface area contributed by atoms with Gasteiger partial charge < -0.3 is 10.1 Å². The number of nitrogens with one attached hydrogen (secondary N) is 1. The molecule has 112 valence electrons. The van der Waals surface area contributed by atoms with Crippen LogP contribution >= 0.6 is 0 Å². The zero-order valence-corrected chi connectivity index (χ0v) is 12.7. The Kier molecular flexibility index (Phi) is 5.38. The Bertz CT molecular complexity index is 432. The normalized spacial score (nSPS) is 19.6. The second-order valence-corrected chi connectivity index (χ2v) is 5.48. The van der Waals surface area contributed by atoms with Crippen LogP contribution in [0.5, 0.6) is 5.75 Å². The number of methoxy groups -OCH3 is 1. The van der Waals surface area contributed by atoms with Gasteiger partial charge in [-0.2, -0.15) is 0 Å². The van der Waals surface area contributed by atoms with Crippen molar-refractivity contribution in [2.45, 2.75) is 26.3 Å². The number of nitrogens with zero attached hydrogens (tertiary/aromatic N) is 1. The van der Waals surface area contributed by atoms with Crippen LogP contribution in [-0.4, -0.2) is 38.2 Å². The minimum Gasteiger partial charge on any atom is -0.493 e. The van der Waals surface area contributed by atoms with Crippen LogP contribution in [0.2, 0.25) is 0 Å². The van der Waals surface area contributed by atoms with Crippen molar-refractivity contribution >= 4 is 0 Å². The van der Waals surface area contributed by atoms with Crippen molar-refractivity contribution in [3.8, 4) is 5.75 Å². The molecule has 0 bridgehead atoms. The minimum atomic E-state index is -0.270. The van der Waals surface area contributed by atoms with Crippen molar-refractivity contribution in [3.63, 3.8) is 0 Å². The van der Waals surface area contributed by atoms with Gasteiger partial charge in [-0.05, 0) is 12.0 Å². The quantitative estimate of drug-likeness (QED) is 0.897. The molecule has 1 saturated heterocycles. The minimum absolute atomic E-state index is 0.216. The van der Waals surface area contributed by atoms with Gasteiger partial charge in [0.25, 0.3) is 0 Å². The Hall–Kier alpha value is -1.13. The lowest BCUT2D eigenvalue weighted by molar-refractivity contribution is 0.125. The highest BCUT2D eigenvalue weighted by molar-refractivity contribution is 5.38. The molecule has 1 aliphatic heterocycles. The molecule has 0 spiro atoms. The third kappa shape index (κ3) is 3.13. The van der Waals surface area contributed by atoms with E-state index in [1.54, 1.807) is 13.2 Å². The Morgan fingerprint density at radius 2 is 2.05 bits per heavy atom. The molecule has 2 atom stereocenters. The van der Waals surface area contributed by atoms with E-state index in [0.717, 1.165) is 38.2 Å². The van der Waals surface area contributed by atoms with Crippen LogP contribution < -0.4 is 10.1 Å². The summed E-state index contributed by atoms with van der Waals surface area (Å²) < 4.78 is 19.3. The van der Waals surface area contributed by atoms with Gasteiger partial charge in [0.15, 0.2) is 11.6 Å². The number of piperazine rings is 1. The standard InChI is InChI=1S/C16H25FN2O/c1-4-12(2)15(19-10-8-18-9-11-19)13-6-5-7-14(17)16(13)20-3/h5-7,12,15,18H,4,8-11H2,1-3H3/t12?,15-/m0/s1. The predicted molar refractivity (Wildman–Crippen MR) is 79.6 cm³/mol. The highest BCUT2D eigenvalue weighted by Gasteiger charge is 2.29. The average molecular weight is 280 g/mol. The van der Waals surface area contributed by atoms with Crippen LogP contribution in [0.3, 0.4) is 0 Å². The summed E-state index contributed by atoms with van der Waals surface area (Å²) in [5.41, 5.74) is 0.976. The van der Waals surface area contributed by atoms with Gasteiger partial charge in [-0.3, -0.25) is 4.90 Å². The number of para-hydroxylation sites is 1. The largest absolute Gasteiger partial charge is 0.493 e. The van der Waals surface area contributed by atoms with E-state index in [-0.39, 0.29) is 11.9 Å². The second kappa shape index (κ2) is 7.04. The molecule has 0 aliphatic carbocycles. The molecule has 0 radical (unpaired) electrons. The van der Waals surface area contributed by atoms with Gasteiger partial charge in [0, 0.05) is 37.8 Å². The topological polar surface area (TPSA) is 24.5 Å². The Labute approximate surface area is 121 Å². The monoisotopic (exact) mass is 280 g/mol. The summed E-state index contributed by atoms with van der Waals surface area (Å²) in [5.74, 6) is 0.591. The zero-order chi connectivity index (χ0) is 14.5. The fourth-order valence-corrected chi connectivity index (χ4v) is 3.02. The lowest BCUT2D eigenvalue weighted by Gasteiger charge is -2.39. The van der Waals surface area contributed by atoms with E-state index in [4.69, 9.17) is 4.74 Å². The van der Waals surface area contributed by atoms with Gasteiger partial charge in [0.2, 0.25) is 0 Å². The van der Waals surface area contributed by atoms with Crippen LogP contribution in [-0.2, 0) is 0 Å². The summed E-state index contributed by atoms with van der Waals surface area (Å²) in [6.45, 7) is 8.39. The maximum atomic E-state index is 14.0. The first kappa shape index (κ1) is 15.3. The molecule has 0 saturated carbocycles. The number of hydrogen-bond donors (Lipinski definition) is 1. The van der Waals surface area contributed by atoms with Crippen molar-refractivity contribution in [2.75, 3.05) is 33.3 Å². The highest BCUT2D eigenvalue weighted by atomic mass is 19.1. The predicted octanol–water partition coefficient (Wildman–Crippen LogP) is 2.83. The number of benzene rings is 1. The summed E-state index contributed by atoms with van der Waals surface area (Å²) in [5, 5.41) is 3.37. The van der Waals surface area contributed by atoms with E-state index in [2.05, 4.69) is 24.1 Å². The van der Waals surface area contributed by atoms with Gasteiger partial charge in [-0.25, -0.2) is 4.39 Å². The van der Waals surface area contributed by atoms with Crippen molar-refractivity contribution in [3.05, 3.63) is 29.6 Å². The first-order valence-electron chi connectivity index (χ1n) is 7.46. The van der Waals surface area contributed by atoms with Crippen molar-refractivity contribution in [1.82, 2.24) is 10.2 Å². The molecule has 1 aromatic rings. The Morgan fingerprint density at radius 3 is 2.65 bits per heavy atom. The highest BCUT2D eigenvalue weighted by Crippen LogP contribution is 2.37. The molecule has 20 heavy (non-hydrogen) atoms. The van der Waals surface area contributed by atoms with Gasteiger partial charge in [-0.1, -0.05) is 32.4 Å². The molecular formula is C16H25FN2O. The fraction of sp³-hybridized carbons (Fsp3) is 0.625. The summed E-state index contributed by atoms with van der Waals surface area (Å²) in [7, 11) is 1.55. The summed E-state index contributed by atoms with van der Waals surface area (Å²) in [6, 6.07) is 5.46. The van der Waals surface area contributed by atoms with Crippen LogP contribution in [0, 0.1) is 11.7 Å². The molecule has 1 heterocycles. The molecular weight excluding hydrogens is 255 g/mol. The smallest absolute Gasteiger partial charge is 0.165 e. The third-order valence-corrected chi connectivity index (χ3v) is 4.25. The molecule has 1 unspecified atom stereocenters. The molecule has 0 amide bonds. The molecule has 2 rings (SSSR count). The molecule has 0 aromatic heterocycles. The molecule has 1 aromatic carbocycles. The molecule has 3 nitrogen and oxygen atoms in total. The van der Waals surface area contributed by atoms with Gasteiger partial charge in [0.1, 0.15) is 0 Å². The number of rotatable bonds is 5. The van der Waals surface area contributed by atoms with Crippen molar-refractivity contribution in [1.29, 1.82) is 0 Å². The summed E-state index contributed by atoms with van der Waals surface area (Å²) in [6.07, 6.45) is 1.06. The SMILES string of the molecule is CCC(C)[C@@H](c1cccc(F)c1OC)N1CCNCC1. The van der Waals surface area contributed by atoms with Crippen LogP contribution in [0.4, 0.5) is 4.39 Å².